The third-order valence-electron chi connectivity index (χ3n) is 3.86. The van der Waals surface area contributed by atoms with Crippen LogP contribution in [-0.4, -0.2) is 19.5 Å². The van der Waals surface area contributed by atoms with E-state index in [-0.39, 0.29) is 5.75 Å². The monoisotopic (exact) mass is 316 g/mol. The molecule has 0 unspecified atom stereocenters. The number of nitrogens with zero attached hydrogens (tertiary/aromatic N) is 3. The number of hydrogen-bond donors (Lipinski definition) is 2. The van der Waals surface area contributed by atoms with Crippen LogP contribution >= 0.6 is 0 Å². The lowest BCUT2D eigenvalue weighted by molar-refractivity contribution is 0.475. The van der Waals surface area contributed by atoms with Crippen molar-refractivity contribution >= 4 is 17.2 Å². The Bertz CT molecular complexity index is 1010. The molecule has 0 aliphatic rings. The SMILES string of the molecule is Cc1ccc(Nc2c(-c3cccc(O)c3)nc3cnccn23)cc1. The standard InChI is InChI=1S/C19H16N4O/c1-13-5-7-15(8-6-13)21-19-18(14-3-2-4-16(24)11-14)22-17-12-20-9-10-23(17)19/h2-12,21,24H,1H3. The van der Waals surface area contributed by atoms with Gasteiger partial charge in [-0.3, -0.25) is 9.38 Å². The first-order valence-electron chi connectivity index (χ1n) is 7.66. The minimum Gasteiger partial charge on any atom is -0.508 e. The molecule has 0 radical (unpaired) electrons. The summed E-state index contributed by atoms with van der Waals surface area (Å²) in [5.41, 5.74) is 4.52. The molecule has 0 saturated carbocycles. The van der Waals surface area contributed by atoms with E-state index in [1.807, 2.05) is 34.9 Å². The van der Waals surface area contributed by atoms with Crippen LogP contribution in [-0.2, 0) is 0 Å². The number of anilines is 2. The van der Waals surface area contributed by atoms with Gasteiger partial charge >= 0.3 is 0 Å². The van der Waals surface area contributed by atoms with E-state index in [2.05, 4.69) is 34.3 Å². The molecule has 0 amide bonds. The lowest BCUT2D eigenvalue weighted by Crippen LogP contribution is -1.97. The minimum absolute atomic E-state index is 0.212. The predicted octanol–water partition coefficient (Wildman–Crippen LogP) is 4.15. The van der Waals surface area contributed by atoms with Crippen molar-refractivity contribution in [2.24, 2.45) is 0 Å². The molecule has 0 bridgehead atoms. The number of rotatable bonds is 3. The van der Waals surface area contributed by atoms with Crippen LogP contribution in [0.25, 0.3) is 16.9 Å². The Labute approximate surface area is 139 Å². The van der Waals surface area contributed by atoms with Crippen LogP contribution in [0.3, 0.4) is 0 Å². The van der Waals surface area contributed by atoms with Crippen molar-refractivity contribution in [2.75, 3.05) is 5.32 Å². The lowest BCUT2D eigenvalue weighted by Gasteiger charge is -2.09. The van der Waals surface area contributed by atoms with E-state index in [1.54, 1.807) is 24.5 Å². The van der Waals surface area contributed by atoms with Gasteiger partial charge in [-0.2, -0.15) is 0 Å². The van der Waals surface area contributed by atoms with Gasteiger partial charge in [0.1, 0.15) is 17.3 Å². The fourth-order valence-electron chi connectivity index (χ4n) is 2.65. The fraction of sp³-hybridized carbons (Fsp3) is 0.0526. The number of aryl methyl sites for hydroxylation is 1. The van der Waals surface area contributed by atoms with E-state index in [4.69, 9.17) is 0 Å². The average molecular weight is 316 g/mol. The predicted molar refractivity (Wildman–Crippen MR) is 94.5 cm³/mol. The van der Waals surface area contributed by atoms with E-state index in [0.29, 0.717) is 0 Å². The topological polar surface area (TPSA) is 62.5 Å². The number of benzene rings is 2. The van der Waals surface area contributed by atoms with Gasteiger partial charge in [0.2, 0.25) is 0 Å². The highest BCUT2D eigenvalue weighted by atomic mass is 16.3. The molecule has 0 atom stereocenters. The first-order chi connectivity index (χ1) is 11.7. The summed E-state index contributed by atoms with van der Waals surface area (Å²) in [6.07, 6.45) is 5.30. The summed E-state index contributed by atoms with van der Waals surface area (Å²) in [6.45, 7) is 2.06. The summed E-state index contributed by atoms with van der Waals surface area (Å²) in [4.78, 5) is 8.80. The maximum absolute atomic E-state index is 9.79. The smallest absolute Gasteiger partial charge is 0.157 e. The molecule has 0 spiro atoms. The number of fused-ring (bicyclic) bond motifs is 1. The normalized spacial score (nSPS) is 10.9. The Balaban J connectivity index is 1.88. The zero-order valence-corrected chi connectivity index (χ0v) is 13.1. The molecular weight excluding hydrogens is 300 g/mol. The average Bonchev–Trinajstić information content (AvgIpc) is 2.96. The van der Waals surface area contributed by atoms with Gasteiger partial charge in [-0.25, -0.2) is 4.98 Å². The molecule has 0 aliphatic carbocycles. The zero-order chi connectivity index (χ0) is 16.5. The molecule has 0 aliphatic heterocycles. The van der Waals surface area contributed by atoms with Gasteiger partial charge in [0.15, 0.2) is 5.65 Å². The first kappa shape index (κ1) is 14.3. The van der Waals surface area contributed by atoms with Crippen LogP contribution in [0.5, 0.6) is 5.75 Å². The van der Waals surface area contributed by atoms with Crippen LogP contribution in [0.1, 0.15) is 5.56 Å². The van der Waals surface area contributed by atoms with Gasteiger partial charge in [0, 0.05) is 23.6 Å². The van der Waals surface area contributed by atoms with Gasteiger partial charge in [-0.05, 0) is 31.2 Å². The molecular formula is C19H16N4O. The summed E-state index contributed by atoms with van der Waals surface area (Å²) in [5.74, 6) is 1.05. The molecule has 2 N–H and O–H groups in total. The number of aromatic hydroxyl groups is 1. The highest BCUT2D eigenvalue weighted by Crippen LogP contribution is 2.32. The van der Waals surface area contributed by atoms with Gasteiger partial charge in [-0.15, -0.1) is 0 Å². The zero-order valence-electron chi connectivity index (χ0n) is 13.1. The van der Waals surface area contributed by atoms with E-state index in [1.165, 1.54) is 5.56 Å². The number of nitrogens with one attached hydrogen (secondary N) is 1. The molecule has 0 fully saturated rings. The van der Waals surface area contributed by atoms with E-state index in [0.717, 1.165) is 28.4 Å². The van der Waals surface area contributed by atoms with Crippen molar-refractivity contribution in [3.63, 3.8) is 0 Å². The van der Waals surface area contributed by atoms with Crippen LogP contribution < -0.4 is 5.32 Å². The first-order valence-corrected chi connectivity index (χ1v) is 7.66. The van der Waals surface area contributed by atoms with Crippen LogP contribution in [0.4, 0.5) is 11.5 Å². The number of aromatic nitrogens is 3. The Hall–Kier alpha value is -3.34. The quantitative estimate of drug-likeness (QED) is 0.596. The second kappa shape index (κ2) is 5.70. The number of imidazole rings is 1. The molecule has 2 aromatic heterocycles. The second-order valence-corrected chi connectivity index (χ2v) is 5.65. The molecule has 24 heavy (non-hydrogen) atoms. The molecule has 0 saturated heterocycles. The van der Waals surface area contributed by atoms with Crippen molar-refractivity contribution < 1.29 is 5.11 Å². The summed E-state index contributed by atoms with van der Waals surface area (Å²) >= 11 is 0. The van der Waals surface area contributed by atoms with Crippen LogP contribution in [0.2, 0.25) is 0 Å². The largest absolute Gasteiger partial charge is 0.508 e. The van der Waals surface area contributed by atoms with Crippen LogP contribution in [0, 0.1) is 6.92 Å². The summed E-state index contributed by atoms with van der Waals surface area (Å²) in [5, 5.41) is 13.2. The summed E-state index contributed by atoms with van der Waals surface area (Å²) < 4.78 is 1.95. The summed E-state index contributed by atoms with van der Waals surface area (Å²) in [7, 11) is 0. The van der Waals surface area contributed by atoms with Gasteiger partial charge in [0.25, 0.3) is 0 Å². The van der Waals surface area contributed by atoms with E-state index < -0.39 is 0 Å². The van der Waals surface area contributed by atoms with Crippen molar-refractivity contribution in [1.29, 1.82) is 0 Å². The lowest BCUT2D eigenvalue weighted by atomic mass is 10.1. The maximum Gasteiger partial charge on any atom is 0.157 e. The highest BCUT2D eigenvalue weighted by molar-refractivity contribution is 5.80. The van der Waals surface area contributed by atoms with E-state index in [9.17, 15) is 5.11 Å². The fourth-order valence-corrected chi connectivity index (χ4v) is 2.65. The minimum atomic E-state index is 0.212. The van der Waals surface area contributed by atoms with Crippen molar-refractivity contribution in [1.82, 2.24) is 14.4 Å². The third kappa shape index (κ3) is 2.56. The molecule has 5 nitrogen and oxygen atoms in total. The van der Waals surface area contributed by atoms with Gasteiger partial charge in [-0.1, -0.05) is 29.8 Å². The highest BCUT2D eigenvalue weighted by Gasteiger charge is 2.14. The molecule has 4 rings (SSSR count). The number of hydrogen-bond acceptors (Lipinski definition) is 4. The molecule has 2 aromatic carbocycles. The Morgan fingerprint density at radius 2 is 1.92 bits per heavy atom. The maximum atomic E-state index is 9.79. The molecule has 4 aromatic rings. The van der Waals surface area contributed by atoms with E-state index >= 15 is 0 Å². The number of phenols is 1. The number of phenolic OH excluding ortho intramolecular Hbond substituents is 1. The molecule has 2 heterocycles. The Morgan fingerprint density at radius 3 is 2.71 bits per heavy atom. The Kier molecular flexibility index (Phi) is 3.39. The van der Waals surface area contributed by atoms with Crippen LogP contribution in [0.15, 0.2) is 67.1 Å². The van der Waals surface area contributed by atoms with Crippen molar-refractivity contribution in [3.05, 3.63) is 72.7 Å². The molecule has 118 valence electrons. The Morgan fingerprint density at radius 1 is 1.08 bits per heavy atom. The molecule has 5 heteroatoms. The van der Waals surface area contributed by atoms with Crippen molar-refractivity contribution in [3.8, 4) is 17.0 Å². The second-order valence-electron chi connectivity index (χ2n) is 5.65. The van der Waals surface area contributed by atoms with Crippen molar-refractivity contribution in [2.45, 2.75) is 6.92 Å². The summed E-state index contributed by atoms with van der Waals surface area (Å²) in [6, 6.07) is 15.3. The van der Waals surface area contributed by atoms with Gasteiger partial charge < -0.3 is 10.4 Å². The third-order valence-corrected chi connectivity index (χ3v) is 3.86. The van der Waals surface area contributed by atoms with Gasteiger partial charge in [0.05, 0.1) is 6.20 Å².